The van der Waals surface area contributed by atoms with E-state index in [1.165, 1.54) is 44.9 Å². The molecule has 0 unspecified atom stereocenters. The molecule has 4 heteroatoms. The molecule has 0 saturated carbocycles. The standard InChI is InChI=1S/C22H36O4/c1-2-3-4-5-6-7-8-9-10-11-12-13-14-15-18(23)21-19(24)16-17-20(25)22(21)26/h6-7,20,25-26H,2-5,8-17H2,1H3/t20-/m1/s1. The number of aliphatic hydroxyl groups excluding tert-OH is 2. The van der Waals surface area contributed by atoms with E-state index in [4.69, 9.17) is 0 Å². The Morgan fingerprint density at radius 3 is 2.23 bits per heavy atom. The molecule has 148 valence electrons. The predicted molar refractivity (Wildman–Crippen MR) is 105 cm³/mol. The summed E-state index contributed by atoms with van der Waals surface area (Å²) in [5.74, 6) is -1.07. The number of hydrogen-bond acceptors (Lipinski definition) is 4. The molecule has 1 atom stereocenters. The van der Waals surface area contributed by atoms with Gasteiger partial charge in [0.25, 0.3) is 0 Å². The highest BCUT2D eigenvalue weighted by atomic mass is 16.3. The predicted octanol–water partition coefficient (Wildman–Crippen LogP) is 5.35. The first-order valence-electron chi connectivity index (χ1n) is 10.4. The molecule has 0 heterocycles. The Kier molecular flexibility index (Phi) is 12.0. The van der Waals surface area contributed by atoms with E-state index in [-0.39, 0.29) is 36.4 Å². The second-order valence-electron chi connectivity index (χ2n) is 7.29. The summed E-state index contributed by atoms with van der Waals surface area (Å²) >= 11 is 0. The molecule has 1 aliphatic rings. The van der Waals surface area contributed by atoms with Crippen LogP contribution in [0, 0.1) is 0 Å². The highest BCUT2D eigenvalue weighted by Gasteiger charge is 2.30. The normalized spacial score (nSPS) is 18.1. The van der Waals surface area contributed by atoms with E-state index in [9.17, 15) is 19.8 Å². The molecule has 0 fully saturated rings. The van der Waals surface area contributed by atoms with Crippen molar-refractivity contribution in [1.29, 1.82) is 0 Å². The van der Waals surface area contributed by atoms with Crippen molar-refractivity contribution in [2.45, 2.75) is 103 Å². The van der Waals surface area contributed by atoms with Crippen molar-refractivity contribution in [3.63, 3.8) is 0 Å². The van der Waals surface area contributed by atoms with E-state index in [1.807, 2.05) is 0 Å². The zero-order valence-electron chi connectivity index (χ0n) is 16.3. The van der Waals surface area contributed by atoms with Crippen LogP contribution in [0.5, 0.6) is 0 Å². The topological polar surface area (TPSA) is 74.6 Å². The minimum atomic E-state index is -1.06. The lowest BCUT2D eigenvalue weighted by atomic mass is 9.89. The van der Waals surface area contributed by atoms with Crippen LogP contribution in [0.3, 0.4) is 0 Å². The molecule has 1 rings (SSSR count). The number of rotatable bonds is 14. The molecule has 26 heavy (non-hydrogen) atoms. The van der Waals surface area contributed by atoms with Gasteiger partial charge in [-0.05, 0) is 38.5 Å². The van der Waals surface area contributed by atoms with E-state index in [2.05, 4.69) is 19.1 Å². The lowest BCUT2D eigenvalue weighted by Crippen LogP contribution is -2.27. The Hall–Kier alpha value is -1.42. The minimum Gasteiger partial charge on any atom is -0.509 e. The van der Waals surface area contributed by atoms with Gasteiger partial charge in [-0.3, -0.25) is 9.59 Å². The number of hydrogen-bond donors (Lipinski definition) is 2. The van der Waals surface area contributed by atoms with Crippen molar-refractivity contribution in [2.75, 3.05) is 0 Å². The van der Waals surface area contributed by atoms with Crippen LogP contribution in [0.25, 0.3) is 0 Å². The summed E-state index contributed by atoms with van der Waals surface area (Å²) in [6, 6.07) is 0. The van der Waals surface area contributed by atoms with Crippen LogP contribution in [0.1, 0.15) is 96.8 Å². The van der Waals surface area contributed by atoms with Crippen molar-refractivity contribution in [2.24, 2.45) is 0 Å². The van der Waals surface area contributed by atoms with E-state index in [0.29, 0.717) is 0 Å². The Morgan fingerprint density at radius 2 is 1.58 bits per heavy atom. The summed E-state index contributed by atoms with van der Waals surface area (Å²) in [4.78, 5) is 23.9. The summed E-state index contributed by atoms with van der Waals surface area (Å²) in [5.41, 5.74) is -0.158. The Balaban J connectivity index is 2.04. The minimum absolute atomic E-state index is 0.138. The average molecular weight is 365 g/mol. The van der Waals surface area contributed by atoms with E-state index >= 15 is 0 Å². The lowest BCUT2D eigenvalue weighted by molar-refractivity contribution is -0.123. The van der Waals surface area contributed by atoms with Gasteiger partial charge >= 0.3 is 0 Å². The molecule has 2 N–H and O–H groups in total. The van der Waals surface area contributed by atoms with Crippen LogP contribution in [0.4, 0.5) is 0 Å². The molecular formula is C22H36O4. The summed E-state index contributed by atoms with van der Waals surface area (Å²) in [5, 5.41) is 19.3. The molecular weight excluding hydrogens is 328 g/mol. The van der Waals surface area contributed by atoms with Gasteiger partial charge in [-0.15, -0.1) is 0 Å². The third kappa shape index (κ3) is 8.79. The third-order valence-corrected chi connectivity index (χ3v) is 4.94. The second-order valence-corrected chi connectivity index (χ2v) is 7.29. The van der Waals surface area contributed by atoms with Crippen LogP contribution in [0.15, 0.2) is 23.5 Å². The fourth-order valence-electron chi connectivity index (χ4n) is 3.27. The summed E-state index contributed by atoms with van der Waals surface area (Å²) in [6.07, 6.45) is 16.8. The van der Waals surface area contributed by atoms with Gasteiger partial charge in [0.2, 0.25) is 0 Å². The van der Waals surface area contributed by atoms with Gasteiger partial charge in [-0.2, -0.15) is 0 Å². The van der Waals surface area contributed by atoms with Gasteiger partial charge < -0.3 is 10.2 Å². The highest BCUT2D eigenvalue weighted by Crippen LogP contribution is 2.23. The Morgan fingerprint density at radius 1 is 1.00 bits per heavy atom. The number of carbonyl (C=O) groups is 2. The molecule has 0 aliphatic heterocycles. The maximum atomic E-state index is 12.1. The lowest BCUT2D eigenvalue weighted by Gasteiger charge is -2.18. The number of ketones is 2. The fraction of sp³-hybridized carbons (Fsp3) is 0.727. The zero-order chi connectivity index (χ0) is 19.2. The number of unbranched alkanes of at least 4 members (excludes halogenated alkanes) is 9. The number of carbonyl (C=O) groups excluding carboxylic acids is 2. The van der Waals surface area contributed by atoms with Crippen molar-refractivity contribution >= 4 is 11.6 Å². The van der Waals surface area contributed by atoms with Gasteiger partial charge in [0.05, 0.1) is 0 Å². The van der Waals surface area contributed by atoms with E-state index in [1.54, 1.807) is 0 Å². The number of aliphatic hydroxyl groups is 2. The maximum Gasteiger partial charge on any atom is 0.170 e. The first-order valence-corrected chi connectivity index (χ1v) is 10.4. The largest absolute Gasteiger partial charge is 0.509 e. The van der Waals surface area contributed by atoms with Crippen LogP contribution in [-0.2, 0) is 9.59 Å². The molecule has 0 bridgehead atoms. The van der Waals surface area contributed by atoms with Crippen molar-refractivity contribution in [3.8, 4) is 0 Å². The first-order chi connectivity index (χ1) is 12.6. The molecule has 0 aromatic heterocycles. The van der Waals surface area contributed by atoms with E-state index < -0.39 is 11.9 Å². The molecule has 4 nitrogen and oxygen atoms in total. The van der Waals surface area contributed by atoms with Gasteiger partial charge in [-0.1, -0.05) is 57.6 Å². The molecule has 0 aromatic rings. The van der Waals surface area contributed by atoms with Gasteiger partial charge in [0, 0.05) is 12.8 Å². The quantitative estimate of drug-likeness (QED) is 0.247. The van der Waals surface area contributed by atoms with Crippen LogP contribution >= 0.6 is 0 Å². The van der Waals surface area contributed by atoms with Crippen LogP contribution in [0.2, 0.25) is 0 Å². The summed E-state index contributed by atoms with van der Waals surface area (Å²) < 4.78 is 0. The van der Waals surface area contributed by atoms with Gasteiger partial charge in [-0.25, -0.2) is 0 Å². The van der Waals surface area contributed by atoms with Crippen molar-refractivity contribution in [3.05, 3.63) is 23.5 Å². The molecule has 0 radical (unpaired) electrons. The SMILES string of the molecule is CCCCCC=CCCCCCCCCC(=O)C1=C(O)[C@H](O)CCC1=O. The van der Waals surface area contributed by atoms with Gasteiger partial charge in [0.15, 0.2) is 11.6 Å². The smallest absolute Gasteiger partial charge is 0.170 e. The number of Topliss-reactive ketones (excluding diaryl/α,β-unsaturated/α-hetero) is 2. The summed E-state index contributed by atoms with van der Waals surface area (Å²) in [6.45, 7) is 2.22. The zero-order valence-corrected chi connectivity index (χ0v) is 16.3. The van der Waals surface area contributed by atoms with Crippen molar-refractivity contribution in [1.82, 2.24) is 0 Å². The number of allylic oxidation sites excluding steroid dienone is 3. The molecule has 1 aliphatic carbocycles. The molecule has 0 aromatic carbocycles. The Bertz CT molecular complexity index is 490. The molecule has 0 saturated heterocycles. The Labute approximate surface area is 158 Å². The summed E-state index contributed by atoms with van der Waals surface area (Å²) in [7, 11) is 0. The second kappa shape index (κ2) is 13.7. The molecule has 0 amide bonds. The van der Waals surface area contributed by atoms with Crippen molar-refractivity contribution < 1.29 is 19.8 Å². The average Bonchev–Trinajstić information content (AvgIpc) is 2.62. The van der Waals surface area contributed by atoms with Crippen LogP contribution < -0.4 is 0 Å². The maximum absolute atomic E-state index is 12.1. The monoisotopic (exact) mass is 364 g/mol. The van der Waals surface area contributed by atoms with Crippen LogP contribution in [-0.4, -0.2) is 27.9 Å². The third-order valence-electron chi connectivity index (χ3n) is 4.94. The first kappa shape index (κ1) is 22.6. The highest BCUT2D eigenvalue weighted by molar-refractivity contribution is 6.21. The van der Waals surface area contributed by atoms with E-state index in [0.717, 1.165) is 25.7 Å². The van der Waals surface area contributed by atoms with Gasteiger partial charge in [0.1, 0.15) is 17.4 Å². The molecule has 0 spiro atoms. The fourth-order valence-corrected chi connectivity index (χ4v) is 3.27.